The number of Topliss-reactive ketones (excluding diaryl/α,β-unsaturated/α-hetero) is 1. The molecule has 0 unspecified atom stereocenters. The summed E-state index contributed by atoms with van der Waals surface area (Å²) >= 11 is 0. The molecule has 1 heterocycles. The zero-order valence-corrected chi connectivity index (χ0v) is 8.49. The lowest BCUT2D eigenvalue weighted by Gasteiger charge is -2.24. The molecule has 1 saturated carbocycles. The van der Waals surface area contributed by atoms with E-state index in [0.29, 0.717) is 18.0 Å². The van der Waals surface area contributed by atoms with Crippen LogP contribution in [0.5, 0.6) is 0 Å². The van der Waals surface area contributed by atoms with Crippen LogP contribution in [0.1, 0.15) is 41.7 Å². The van der Waals surface area contributed by atoms with Crippen LogP contribution in [-0.4, -0.2) is 10.8 Å². The summed E-state index contributed by atoms with van der Waals surface area (Å²) in [6, 6.07) is 3.78. The number of hydrogen-bond donors (Lipinski definition) is 0. The topological polar surface area (TPSA) is 30.0 Å². The fraction of sp³-hybridized carbons (Fsp3) is 0.500. The average Bonchev–Trinajstić information content (AvgIpc) is 2.12. The molecule has 0 N–H and O–H groups in total. The van der Waals surface area contributed by atoms with Gasteiger partial charge in [-0.1, -0.05) is 25.3 Å². The number of carbonyl (C=O) groups excluding carboxylic acids is 1. The normalized spacial score (nSPS) is 16.4. The molecule has 1 aromatic heterocycles. The minimum Gasteiger partial charge on any atom is -0.292 e. The number of hydrogen-bond acceptors (Lipinski definition) is 2. The van der Waals surface area contributed by atoms with Crippen LogP contribution in [0.4, 0.5) is 0 Å². The van der Waals surface area contributed by atoms with E-state index < -0.39 is 0 Å². The highest BCUT2D eigenvalue weighted by Crippen LogP contribution is 2.30. The van der Waals surface area contributed by atoms with Crippen LogP contribution < -0.4 is 0 Å². The Labute approximate surface area is 84.4 Å². The molecule has 0 aliphatic heterocycles. The van der Waals surface area contributed by atoms with E-state index in [2.05, 4.69) is 4.98 Å². The molecule has 1 aliphatic carbocycles. The van der Waals surface area contributed by atoms with Crippen molar-refractivity contribution in [1.29, 1.82) is 0 Å². The Bertz CT molecular complexity index is 325. The standard InChI is InChI=1S/C12H15NO/c1-9-5-6-11(13-8-9)12(14)7-10-3-2-4-10/h5-6,8,10H,2-4,7H2,1H3. The van der Waals surface area contributed by atoms with Crippen LogP contribution in [0, 0.1) is 12.8 Å². The number of carbonyl (C=O) groups is 1. The van der Waals surface area contributed by atoms with Crippen molar-refractivity contribution in [2.24, 2.45) is 5.92 Å². The number of pyridine rings is 1. The highest BCUT2D eigenvalue weighted by atomic mass is 16.1. The maximum absolute atomic E-state index is 11.7. The van der Waals surface area contributed by atoms with Gasteiger partial charge in [0, 0.05) is 12.6 Å². The van der Waals surface area contributed by atoms with Gasteiger partial charge in [0.15, 0.2) is 5.78 Å². The smallest absolute Gasteiger partial charge is 0.181 e. The molecule has 0 bridgehead atoms. The number of aromatic nitrogens is 1. The van der Waals surface area contributed by atoms with Gasteiger partial charge in [0.05, 0.1) is 0 Å². The molecule has 1 fully saturated rings. The van der Waals surface area contributed by atoms with Crippen LogP contribution in [0.25, 0.3) is 0 Å². The minimum absolute atomic E-state index is 0.203. The summed E-state index contributed by atoms with van der Waals surface area (Å²) in [6.07, 6.45) is 6.18. The largest absolute Gasteiger partial charge is 0.292 e. The van der Waals surface area contributed by atoms with Gasteiger partial charge < -0.3 is 0 Å². The van der Waals surface area contributed by atoms with Crippen molar-refractivity contribution in [2.45, 2.75) is 32.6 Å². The van der Waals surface area contributed by atoms with Gasteiger partial charge >= 0.3 is 0 Å². The van der Waals surface area contributed by atoms with Gasteiger partial charge in [0.2, 0.25) is 0 Å². The summed E-state index contributed by atoms with van der Waals surface area (Å²) in [6.45, 7) is 1.98. The van der Waals surface area contributed by atoms with Gasteiger partial charge in [-0.2, -0.15) is 0 Å². The van der Waals surface area contributed by atoms with Gasteiger partial charge in [-0.05, 0) is 24.5 Å². The molecule has 2 nitrogen and oxygen atoms in total. The van der Waals surface area contributed by atoms with E-state index in [1.165, 1.54) is 19.3 Å². The van der Waals surface area contributed by atoms with Crippen molar-refractivity contribution in [2.75, 3.05) is 0 Å². The Morgan fingerprint density at radius 1 is 1.50 bits per heavy atom. The highest BCUT2D eigenvalue weighted by Gasteiger charge is 2.21. The predicted octanol–water partition coefficient (Wildman–Crippen LogP) is 2.76. The van der Waals surface area contributed by atoms with Crippen molar-refractivity contribution in [3.63, 3.8) is 0 Å². The third-order valence-corrected chi connectivity index (χ3v) is 2.90. The first-order valence-corrected chi connectivity index (χ1v) is 5.21. The number of nitrogens with zero attached hydrogens (tertiary/aromatic N) is 1. The predicted molar refractivity (Wildman–Crippen MR) is 55.3 cm³/mol. The van der Waals surface area contributed by atoms with Gasteiger partial charge in [-0.3, -0.25) is 9.78 Å². The Morgan fingerprint density at radius 2 is 2.29 bits per heavy atom. The van der Waals surface area contributed by atoms with Gasteiger partial charge in [0.25, 0.3) is 0 Å². The molecule has 1 aromatic rings. The van der Waals surface area contributed by atoms with E-state index in [1.807, 2.05) is 19.1 Å². The average molecular weight is 189 g/mol. The fourth-order valence-corrected chi connectivity index (χ4v) is 1.70. The Morgan fingerprint density at radius 3 is 2.79 bits per heavy atom. The van der Waals surface area contributed by atoms with Gasteiger partial charge in [0.1, 0.15) is 5.69 Å². The summed E-state index contributed by atoms with van der Waals surface area (Å²) in [4.78, 5) is 15.8. The molecule has 0 saturated heterocycles. The lowest BCUT2D eigenvalue weighted by molar-refractivity contribution is 0.0931. The molecule has 0 aromatic carbocycles. The first-order chi connectivity index (χ1) is 6.75. The van der Waals surface area contributed by atoms with E-state index in [4.69, 9.17) is 0 Å². The van der Waals surface area contributed by atoms with Crippen LogP contribution in [0.15, 0.2) is 18.3 Å². The van der Waals surface area contributed by atoms with E-state index in [0.717, 1.165) is 5.56 Å². The van der Waals surface area contributed by atoms with Crippen molar-refractivity contribution in [1.82, 2.24) is 4.98 Å². The summed E-state index contributed by atoms with van der Waals surface area (Å²) in [7, 11) is 0. The molecule has 1 aliphatic rings. The van der Waals surface area contributed by atoms with E-state index in [-0.39, 0.29) is 5.78 Å². The van der Waals surface area contributed by atoms with Crippen LogP contribution in [0.3, 0.4) is 0 Å². The lowest BCUT2D eigenvalue weighted by Crippen LogP contribution is -2.16. The minimum atomic E-state index is 0.203. The summed E-state index contributed by atoms with van der Waals surface area (Å²) in [5.74, 6) is 0.834. The highest BCUT2D eigenvalue weighted by molar-refractivity contribution is 5.94. The molecule has 14 heavy (non-hydrogen) atoms. The lowest BCUT2D eigenvalue weighted by atomic mass is 9.81. The molecule has 0 radical (unpaired) electrons. The van der Waals surface area contributed by atoms with Crippen LogP contribution >= 0.6 is 0 Å². The first-order valence-electron chi connectivity index (χ1n) is 5.21. The molecular formula is C12H15NO. The third-order valence-electron chi connectivity index (χ3n) is 2.90. The fourth-order valence-electron chi connectivity index (χ4n) is 1.70. The maximum atomic E-state index is 11.7. The zero-order chi connectivity index (χ0) is 9.97. The van der Waals surface area contributed by atoms with Gasteiger partial charge in [-0.25, -0.2) is 0 Å². The number of ketones is 1. The molecule has 0 atom stereocenters. The van der Waals surface area contributed by atoms with Crippen LogP contribution in [0.2, 0.25) is 0 Å². The zero-order valence-electron chi connectivity index (χ0n) is 8.49. The summed E-state index contributed by atoms with van der Waals surface area (Å²) in [5, 5.41) is 0. The van der Waals surface area contributed by atoms with E-state index >= 15 is 0 Å². The van der Waals surface area contributed by atoms with Crippen LogP contribution in [-0.2, 0) is 0 Å². The van der Waals surface area contributed by atoms with Crippen molar-refractivity contribution >= 4 is 5.78 Å². The third kappa shape index (κ3) is 2.00. The van der Waals surface area contributed by atoms with Crippen molar-refractivity contribution in [3.8, 4) is 0 Å². The summed E-state index contributed by atoms with van der Waals surface area (Å²) < 4.78 is 0. The second-order valence-corrected chi connectivity index (χ2v) is 4.15. The molecule has 74 valence electrons. The van der Waals surface area contributed by atoms with Gasteiger partial charge in [-0.15, -0.1) is 0 Å². The van der Waals surface area contributed by atoms with E-state index in [9.17, 15) is 4.79 Å². The first kappa shape index (κ1) is 9.38. The van der Waals surface area contributed by atoms with Crippen molar-refractivity contribution < 1.29 is 4.79 Å². The molecule has 0 amide bonds. The monoisotopic (exact) mass is 189 g/mol. The molecule has 2 rings (SSSR count). The van der Waals surface area contributed by atoms with E-state index in [1.54, 1.807) is 6.20 Å². The SMILES string of the molecule is Cc1ccc(C(=O)CC2CCC2)nc1. The second-order valence-electron chi connectivity index (χ2n) is 4.15. The Balaban J connectivity index is 1.99. The quantitative estimate of drug-likeness (QED) is 0.684. The molecular weight excluding hydrogens is 174 g/mol. The molecule has 2 heteroatoms. The second kappa shape index (κ2) is 3.91. The Kier molecular flexibility index (Phi) is 2.62. The summed E-state index contributed by atoms with van der Waals surface area (Å²) in [5.41, 5.74) is 1.73. The maximum Gasteiger partial charge on any atom is 0.181 e. The number of aryl methyl sites for hydroxylation is 1. The number of rotatable bonds is 3. The Hall–Kier alpha value is -1.18. The molecule has 0 spiro atoms. The van der Waals surface area contributed by atoms with Crippen molar-refractivity contribution in [3.05, 3.63) is 29.6 Å².